The lowest BCUT2D eigenvalue weighted by atomic mass is 9.93. The zero-order chi connectivity index (χ0) is 19.4. The molecule has 2 heteroatoms. The summed E-state index contributed by atoms with van der Waals surface area (Å²) in [6.07, 6.45) is 0. The van der Waals surface area contributed by atoms with E-state index in [-0.39, 0.29) is 0 Å². The minimum Gasteiger partial charge on any atom is -0.248 e. The standard InChI is InChI=1S/C27H16ClN/c28-19-11-14-27-17(15-19)10-13-26(29-27)18-9-12-24-22-7-2-1-5-20(22)21-6-3-4-8-23(21)25(24)16-18/h1-16H. The largest absolute Gasteiger partial charge is 0.248 e. The number of hydrogen-bond donors (Lipinski definition) is 0. The molecule has 0 amide bonds. The lowest BCUT2D eigenvalue weighted by Gasteiger charge is -2.12. The maximum absolute atomic E-state index is 6.12. The van der Waals surface area contributed by atoms with Crippen LogP contribution in [0.2, 0.25) is 5.02 Å². The Labute approximate surface area is 173 Å². The first-order chi connectivity index (χ1) is 14.3. The molecule has 0 saturated heterocycles. The Kier molecular flexibility index (Phi) is 3.59. The van der Waals surface area contributed by atoms with Crippen molar-refractivity contribution in [2.24, 2.45) is 0 Å². The first-order valence-corrected chi connectivity index (χ1v) is 10.1. The summed E-state index contributed by atoms with van der Waals surface area (Å²) < 4.78 is 0. The van der Waals surface area contributed by atoms with Crippen LogP contribution >= 0.6 is 11.6 Å². The molecule has 0 aliphatic carbocycles. The molecule has 0 fully saturated rings. The van der Waals surface area contributed by atoms with Crippen molar-refractivity contribution in [2.45, 2.75) is 0 Å². The van der Waals surface area contributed by atoms with Crippen molar-refractivity contribution < 1.29 is 0 Å². The van der Waals surface area contributed by atoms with Gasteiger partial charge >= 0.3 is 0 Å². The molecule has 0 aliphatic heterocycles. The molecule has 0 bridgehead atoms. The van der Waals surface area contributed by atoms with Crippen LogP contribution in [0.15, 0.2) is 97.1 Å². The van der Waals surface area contributed by atoms with Crippen LogP contribution in [0.5, 0.6) is 0 Å². The highest BCUT2D eigenvalue weighted by Gasteiger charge is 2.10. The molecule has 0 N–H and O–H groups in total. The van der Waals surface area contributed by atoms with Gasteiger partial charge in [-0.25, -0.2) is 4.98 Å². The summed E-state index contributed by atoms with van der Waals surface area (Å²) in [7, 11) is 0. The van der Waals surface area contributed by atoms with E-state index in [0.717, 1.165) is 27.2 Å². The summed E-state index contributed by atoms with van der Waals surface area (Å²) >= 11 is 6.12. The van der Waals surface area contributed by atoms with Crippen molar-refractivity contribution in [1.82, 2.24) is 4.98 Å². The lowest BCUT2D eigenvalue weighted by molar-refractivity contribution is 1.40. The minimum absolute atomic E-state index is 0.733. The van der Waals surface area contributed by atoms with E-state index < -0.39 is 0 Å². The molecule has 6 rings (SSSR count). The predicted octanol–water partition coefficient (Wildman–Crippen LogP) is 8.01. The van der Waals surface area contributed by atoms with Crippen molar-refractivity contribution >= 4 is 54.8 Å². The second-order valence-electron chi connectivity index (χ2n) is 7.39. The van der Waals surface area contributed by atoms with Gasteiger partial charge in [-0.15, -0.1) is 0 Å². The average Bonchev–Trinajstić information content (AvgIpc) is 2.78. The number of halogens is 1. The van der Waals surface area contributed by atoms with Crippen LogP contribution in [0.4, 0.5) is 0 Å². The predicted molar refractivity (Wildman–Crippen MR) is 125 cm³/mol. The summed E-state index contributed by atoms with van der Waals surface area (Å²) in [5.74, 6) is 0. The van der Waals surface area contributed by atoms with Crippen LogP contribution < -0.4 is 0 Å². The maximum atomic E-state index is 6.12. The van der Waals surface area contributed by atoms with Gasteiger partial charge in [-0.05, 0) is 62.6 Å². The monoisotopic (exact) mass is 389 g/mol. The van der Waals surface area contributed by atoms with E-state index in [4.69, 9.17) is 16.6 Å². The van der Waals surface area contributed by atoms with Gasteiger partial charge in [0.1, 0.15) is 0 Å². The summed E-state index contributed by atoms with van der Waals surface area (Å²) in [5, 5.41) is 9.46. The van der Waals surface area contributed by atoms with Gasteiger partial charge < -0.3 is 0 Å². The molecule has 6 aromatic rings. The zero-order valence-electron chi connectivity index (χ0n) is 15.6. The molecule has 0 saturated carbocycles. The molecule has 1 heterocycles. The fourth-order valence-corrected chi connectivity index (χ4v) is 4.50. The highest BCUT2D eigenvalue weighted by molar-refractivity contribution is 6.31. The van der Waals surface area contributed by atoms with Crippen molar-refractivity contribution in [2.75, 3.05) is 0 Å². The molecule has 1 nitrogen and oxygen atoms in total. The van der Waals surface area contributed by atoms with E-state index in [1.165, 1.54) is 32.3 Å². The third-order valence-electron chi connectivity index (χ3n) is 5.69. The van der Waals surface area contributed by atoms with Crippen LogP contribution in [0, 0.1) is 0 Å². The van der Waals surface area contributed by atoms with Crippen LogP contribution in [-0.2, 0) is 0 Å². The topological polar surface area (TPSA) is 12.9 Å². The number of nitrogens with zero attached hydrogens (tertiary/aromatic N) is 1. The molecule has 0 atom stereocenters. The van der Waals surface area contributed by atoms with Crippen molar-refractivity contribution in [3.8, 4) is 11.3 Å². The summed E-state index contributed by atoms with van der Waals surface area (Å²) in [6, 6.07) is 33.9. The van der Waals surface area contributed by atoms with Gasteiger partial charge in [-0.1, -0.05) is 78.3 Å². The highest BCUT2D eigenvalue weighted by Crippen LogP contribution is 2.36. The van der Waals surface area contributed by atoms with E-state index in [2.05, 4.69) is 78.9 Å². The van der Waals surface area contributed by atoms with E-state index in [9.17, 15) is 0 Å². The Morgan fingerprint density at radius 3 is 1.83 bits per heavy atom. The maximum Gasteiger partial charge on any atom is 0.0710 e. The van der Waals surface area contributed by atoms with Crippen LogP contribution in [0.25, 0.3) is 54.5 Å². The van der Waals surface area contributed by atoms with Gasteiger partial charge in [-0.3, -0.25) is 0 Å². The number of fused-ring (bicyclic) bond motifs is 7. The number of pyridine rings is 1. The van der Waals surface area contributed by atoms with E-state index in [0.29, 0.717) is 0 Å². The van der Waals surface area contributed by atoms with E-state index >= 15 is 0 Å². The number of aromatic nitrogens is 1. The van der Waals surface area contributed by atoms with Crippen LogP contribution in [0.1, 0.15) is 0 Å². The molecular formula is C27H16ClN. The second kappa shape index (κ2) is 6.30. The Morgan fingerprint density at radius 1 is 0.517 bits per heavy atom. The first kappa shape index (κ1) is 16.5. The first-order valence-electron chi connectivity index (χ1n) is 9.68. The number of hydrogen-bond acceptors (Lipinski definition) is 1. The quantitative estimate of drug-likeness (QED) is 0.259. The van der Waals surface area contributed by atoms with Gasteiger partial charge in [-0.2, -0.15) is 0 Å². The van der Waals surface area contributed by atoms with Gasteiger partial charge in [0.15, 0.2) is 0 Å². The van der Waals surface area contributed by atoms with Crippen molar-refractivity contribution in [3.63, 3.8) is 0 Å². The third-order valence-corrected chi connectivity index (χ3v) is 5.93. The second-order valence-corrected chi connectivity index (χ2v) is 7.82. The SMILES string of the molecule is Clc1ccc2nc(-c3ccc4c5ccccc5c5ccccc5c4c3)ccc2c1. The third kappa shape index (κ3) is 2.59. The van der Waals surface area contributed by atoms with Crippen molar-refractivity contribution in [3.05, 3.63) is 102 Å². The molecule has 0 spiro atoms. The molecule has 0 unspecified atom stereocenters. The molecule has 0 aliphatic rings. The number of benzene rings is 5. The minimum atomic E-state index is 0.733. The molecular weight excluding hydrogens is 374 g/mol. The smallest absolute Gasteiger partial charge is 0.0710 e. The Balaban J connectivity index is 1.66. The lowest BCUT2D eigenvalue weighted by Crippen LogP contribution is -1.87. The van der Waals surface area contributed by atoms with Gasteiger partial charge in [0.2, 0.25) is 0 Å². The molecule has 136 valence electrons. The summed E-state index contributed by atoms with van der Waals surface area (Å²) in [4.78, 5) is 4.88. The normalized spacial score (nSPS) is 11.6. The highest BCUT2D eigenvalue weighted by atomic mass is 35.5. The van der Waals surface area contributed by atoms with Crippen LogP contribution in [0.3, 0.4) is 0 Å². The molecule has 29 heavy (non-hydrogen) atoms. The van der Waals surface area contributed by atoms with Gasteiger partial charge in [0.05, 0.1) is 11.2 Å². The van der Waals surface area contributed by atoms with E-state index in [1.807, 2.05) is 18.2 Å². The fourth-order valence-electron chi connectivity index (χ4n) is 4.32. The number of rotatable bonds is 1. The fraction of sp³-hybridized carbons (Fsp3) is 0. The van der Waals surface area contributed by atoms with Gasteiger partial charge in [0, 0.05) is 16.0 Å². The zero-order valence-corrected chi connectivity index (χ0v) is 16.3. The molecule has 1 aromatic heterocycles. The molecule has 5 aromatic carbocycles. The van der Waals surface area contributed by atoms with Gasteiger partial charge in [0.25, 0.3) is 0 Å². The molecule has 0 radical (unpaired) electrons. The Bertz CT molecular complexity index is 1530. The Morgan fingerprint density at radius 2 is 1.14 bits per heavy atom. The average molecular weight is 390 g/mol. The summed E-state index contributed by atoms with van der Waals surface area (Å²) in [6.45, 7) is 0. The van der Waals surface area contributed by atoms with Crippen molar-refractivity contribution in [1.29, 1.82) is 0 Å². The van der Waals surface area contributed by atoms with E-state index in [1.54, 1.807) is 0 Å². The Hall–Kier alpha value is -3.42. The summed E-state index contributed by atoms with van der Waals surface area (Å²) in [5.41, 5.74) is 3.05. The van der Waals surface area contributed by atoms with Crippen LogP contribution in [-0.4, -0.2) is 4.98 Å².